The molecule has 0 radical (unpaired) electrons. The standard InChI is InChI=1S/C13H25N3O2/c1-11(17)16-9-5-6-12(10-16)13(18)15-8-4-2-3-7-14/h12H,2-10,14H2,1H3,(H,15,18)/t12-/m0/s1. The van der Waals surface area contributed by atoms with Crippen LogP contribution in [-0.4, -0.2) is 42.9 Å². The molecule has 0 aromatic heterocycles. The number of nitrogens with two attached hydrogens (primary N) is 1. The van der Waals surface area contributed by atoms with E-state index in [9.17, 15) is 9.59 Å². The fourth-order valence-corrected chi connectivity index (χ4v) is 2.28. The van der Waals surface area contributed by atoms with Gasteiger partial charge in [0, 0.05) is 26.6 Å². The monoisotopic (exact) mass is 255 g/mol. The van der Waals surface area contributed by atoms with Crippen molar-refractivity contribution in [2.45, 2.75) is 39.0 Å². The van der Waals surface area contributed by atoms with Gasteiger partial charge in [-0.3, -0.25) is 9.59 Å². The summed E-state index contributed by atoms with van der Waals surface area (Å²) in [5.74, 6) is 0.126. The van der Waals surface area contributed by atoms with Crippen LogP contribution in [0.5, 0.6) is 0 Å². The van der Waals surface area contributed by atoms with E-state index in [-0.39, 0.29) is 17.7 Å². The molecule has 2 amide bonds. The molecule has 1 rings (SSSR count). The van der Waals surface area contributed by atoms with E-state index in [1.807, 2.05) is 0 Å². The largest absolute Gasteiger partial charge is 0.356 e. The molecule has 0 unspecified atom stereocenters. The average Bonchev–Trinajstić information content (AvgIpc) is 2.38. The van der Waals surface area contributed by atoms with Crippen LogP contribution in [0.25, 0.3) is 0 Å². The van der Waals surface area contributed by atoms with Crippen LogP contribution in [0.4, 0.5) is 0 Å². The molecule has 3 N–H and O–H groups in total. The second-order valence-electron chi connectivity index (χ2n) is 4.94. The average molecular weight is 255 g/mol. The fourth-order valence-electron chi connectivity index (χ4n) is 2.28. The number of likely N-dealkylation sites (tertiary alicyclic amines) is 1. The summed E-state index contributed by atoms with van der Waals surface area (Å²) in [4.78, 5) is 25.0. The molecule has 0 saturated carbocycles. The van der Waals surface area contributed by atoms with Gasteiger partial charge in [-0.2, -0.15) is 0 Å². The molecule has 0 bridgehead atoms. The molecule has 0 spiro atoms. The fraction of sp³-hybridized carbons (Fsp3) is 0.846. The Kier molecular flexibility index (Phi) is 6.72. The Morgan fingerprint density at radius 1 is 1.33 bits per heavy atom. The van der Waals surface area contributed by atoms with E-state index < -0.39 is 0 Å². The zero-order chi connectivity index (χ0) is 13.4. The van der Waals surface area contributed by atoms with Crippen LogP contribution in [0, 0.1) is 5.92 Å². The van der Waals surface area contributed by atoms with Crippen molar-refractivity contribution in [3.05, 3.63) is 0 Å². The van der Waals surface area contributed by atoms with Crippen molar-refractivity contribution in [2.75, 3.05) is 26.2 Å². The molecule has 1 fully saturated rings. The van der Waals surface area contributed by atoms with Gasteiger partial charge in [0.2, 0.25) is 11.8 Å². The molecule has 104 valence electrons. The predicted molar refractivity (Wildman–Crippen MR) is 70.9 cm³/mol. The molecule has 1 aliphatic rings. The van der Waals surface area contributed by atoms with Gasteiger partial charge in [-0.25, -0.2) is 0 Å². The van der Waals surface area contributed by atoms with Crippen LogP contribution in [0.15, 0.2) is 0 Å². The number of nitrogens with zero attached hydrogens (tertiary/aromatic N) is 1. The third kappa shape index (κ3) is 5.04. The van der Waals surface area contributed by atoms with E-state index in [1.165, 1.54) is 0 Å². The van der Waals surface area contributed by atoms with E-state index in [4.69, 9.17) is 5.73 Å². The lowest BCUT2D eigenvalue weighted by Crippen LogP contribution is -2.44. The number of unbranched alkanes of at least 4 members (excludes halogenated alkanes) is 2. The second kappa shape index (κ2) is 8.08. The summed E-state index contributed by atoms with van der Waals surface area (Å²) in [5.41, 5.74) is 5.41. The molecule has 0 aliphatic carbocycles. The number of hydrogen-bond acceptors (Lipinski definition) is 3. The number of piperidine rings is 1. The molecule has 5 heteroatoms. The minimum Gasteiger partial charge on any atom is -0.356 e. The van der Waals surface area contributed by atoms with Crippen molar-refractivity contribution in [2.24, 2.45) is 11.7 Å². The first kappa shape index (κ1) is 15.0. The Balaban J connectivity index is 2.22. The number of amides is 2. The molecular formula is C13H25N3O2. The lowest BCUT2D eigenvalue weighted by atomic mass is 9.97. The first-order valence-electron chi connectivity index (χ1n) is 6.88. The van der Waals surface area contributed by atoms with Crippen LogP contribution in [0.3, 0.4) is 0 Å². The van der Waals surface area contributed by atoms with E-state index in [0.29, 0.717) is 13.1 Å². The number of carbonyl (C=O) groups excluding carboxylic acids is 2. The Bertz CT molecular complexity index is 281. The maximum Gasteiger partial charge on any atom is 0.224 e. The predicted octanol–water partition coefficient (Wildman–Crippen LogP) is 0.490. The third-order valence-electron chi connectivity index (χ3n) is 3.42. The molecule has 0 aromatic carbocycles. The highest BCUT2D eigenvalue weighted by molar-refractivity contribution is 5.80. The van der Waals surface area contributed by atoms with Gasteiger partial charge in [0.15, 0.2) is 0 Å². The van der Waals surface area contributed by atoms with Crippen molar-refractivity contribution >= 4 is 11.8 Å². The van der Waals surface area contributed by atoms with E-state index in [0.717, 1.165) is 45.2 Å². The summed E-state index contributed by atoms with van der Waals surface area (Å²) in [6.45, 7) is 4.35. The Morgan fingerprint density at radius 2 is 2.11 bits per heavy atom. The van der Waals surface area contributed by atoms with Crippen LogP contribution in [-0.2, 0) is 9.59 Å². The smallest absolute Gasteiger partial charge is 0.224 e. The molecular weight excluding hydrogens is 230 g/mol. The van der Waals surface area contributed by atoms with Gasteiger partial charge in [-0.15, -0.1) is 0 Å². The molecule has 1 aliphatic heterocycles. The van der Waals surface area contributed by atoms with Crippen LogP contribution >= 0.6 is 0 Å². The summed E-state index contributed by atoms with van der Waals surface area (Å²) in [5, 5.41) is 2.95. The minimum absolute atomic E-state index is 0.0304. The van der Waals surface area contributed by atoms with Crippen LogP contribution in [0.1, 0.15) is 39.0 Å². The quantitative estimate of drug-likeness (QED) is 0.678. The highest BCUT2D eigenvalue weighted by Gasteiger charge is 2.26. The van der Waals surface area contributed by atoms with Crippen molar-refractivity contribution in [3.63, 3.8) is 0 Å². The molecule has 18 heavy (non-hydrogen) atoms. The van der Waals surface area contributed by atoms with Gasteiger partial charge in [0.25, 0.3) is 0 Å². The highest BCUT2D eigenvalue weighted by Crippen LogP contribution is 2.16. The molecule has 1 atom stereocenters. The minimum atomic E-state index is -0.0304. The molecule has 0 aromatic rings. The van der Waals surface area contributed by atoms with Gasteiger partial charge < -0.3 is 16.0 Å². The first-order chi connectivity index (χ1) is 8.65. The zero-order valence-electron chi connectivity index (χ0n) is 11.3. The number of rotatable bonds is 6. The van der Waals surface area contributed by atoms with Gasteiger partial charge in [-0.1, -0.05) is 6.42 Å². The van der Waals surface area contributed by atoms with E-state index in [1.54, 1.807) is 11.8 Å². The normalized spacial score (nSPS) is 19.7. The number of hydrogen-bond donors (Lipinski definition) is 2. The summed E-state index contributed by atoms with van der Waals surface area (Å²) < 4.78 is 0. The summed E-state index contributed by atoms with van der Waals surface area (Å²) >= 11 is 0. The summed E-state index contributed by atoms with van der Waals surface area (Å²) in [7, 11) is 0. The molecule has 1 saturated heterocycles. The number of carbonyl (C=O) groups is 2. The number of nitrogens with one attached hydrogen (secondary N) is 1. The Morgan fingerprint density at radius 3 is 2.78 bits per heavy atom. The van der Waals surface area contributed by atoms with Crippen molar-refractivity contribution in [3.8, 4) is 0 Å². The van der Waals surface area contributed by atoms with E-state index in [2.05, 4.69) is 5.32 Å². The lowest BCUT2D eigenvalue weighted by Gasteiger charge is -2.31. The first-order valence-corrected chi connectivity index (χ1v) is 6.88. The molecule has 1 heterocycles. The van der Waals surface area contributed by atoms with Crippen molar-refractivity contribution < 1.29 is 9.59 Å². The zero-order valence-corrected chi connectivity index (χ0v) is 11.3. The summed E-state index contributed by atoms with van der Waals surface area (Å²) in [6.07, 6.45) is 4.85. The Hall–Kier alpha value is -1.10. The highest BCUT2D eigenvalue weighted by atomic mass is 16.2. The summed E-state index contributed by atoms with van der Waals surface area (Å²) in [6, 6.07) is 0. The molecule has 5 nitrogen and oxygen atoms in total. The second-order valence-corrected chi connectivity index (χ2v) is 4.94. The third-order valence-corrected chi connectivity index (χ3v) is 3.42. The van der Waals surface area contributed by atoms with Crippen LogP contribution < -0.4 is 11.1 Å². The van der Waals surface area contributed by atoms with E-state index >= 15 is 0 Å². The van der Waals surface area contributed by atoms with Gasteiger partial charge in [0.05, 0.1) is 5.92 Å². The SMILES string of the molecule is CC(=O)N1CCC[C@H](C(=O)NCCCCCN)C1. The van der Waals surface area contributed by atoms with Gasteiger partial charge in [-0.05, 0) is 32.2 Å². The topological polar surface area (TPSA) is 75.4 Å². The van der Waals surface area contributed by atoms with Crippen molar-refractivity contribution in [1.29, 1.82) is 0 Å². The maximum atomic E-state index is 11.9. The van der Waals surface area contributed by atoms with Crippen molar-refractivity contribution in [1.82, 2.24) is 10.2 Å². The maximum absolute atomic E-state index is 11.9. The van der Waals surface area contributed by atoms with Crippen LogP contribution in [0.2, 0.25) is 0 Å². The van der Waals surface area contributed by atoms with Gasteiger partial charge >= 0.3 is 0 Å². The van der Waals surface area contributed by atoms with Gasteiger partial charge in [0.1, 0.15) is 0 Å². The Labute approximate surface area is 109 Å². The lowest BCUT2D eigenvalue weighted by molar-refractivity contribution is -0.133.